The lowest BCUT2D eigenvalue weighted by atomic mass is 10.2. The Balaban J connectivity index is 2.08. The summed E-state index contributed by atoms with van der Waals surface area (Å²) < 4.78 is 32.2. The zero-order valence-corrected chi connectivity index (χ0v) is 11.5. The highest BCUT2D eigenvalue weighted by Crippen LogP contribution is 2.14. The van der Waals surface area contributed by atoms with Gasteiger partial charge in [0.05, 0.1) is 5.56 Å². The molecule has 0 unspecified atom stereocenters. The van der Waals surface area contributed by atoms with Gasteiger partial charge < -0.3 is 8.37 Å². The molecular formula is C14H12O5S. The number of aryl methyl sites for hydroxylation is 1. The first-order chi connectivity index (χ1) is 9.46. The number of hydrogen-bond donors (Lipinski definition) is 0. The van der Waals surface area contributed by atoms with E-state index in [1.807, 2.05) is 6.92 Å². The molecule has 0 saturated carbocycles. The predicted molar refractivity (Wildman–Crippen MR) is 72.6 cm³/mol. The molecule has 0 radical (unpaired) electrons. The van der Waals surface area contributed by atoms with Crippen molar-refractivity contribution in [3.05, 3.63) is 65.7 Å². The van der Waals surface area contributed by atoms with Crippen LogP contribution in [0.1, 0.15) is 15.9 Å². The zero-order chi connectivity index (χ0) is 14.6. The molecule has 2 aromatic carbocycles. The van der Waals surface area contributed by atoms with Crippen molar-refractivity contribution in [2.24, 2.45) is 0 Å². The van der Waals surface area contributed by atoms with E-state index in [0.717, 1.165) is 5.56 Å². The smallest absolute Gasteiger partial charge is 0.353 e. The topological polar surface area (TPSA) is 69.7 Å². The van der Waals surface area contributed by atoms with Crippen LogP contribution in [-0.2, 0) is 14.6 Å². The number of para-hydroxylation sites is 1. The van der Waals surface area contributed by atoms with Gasteiger partial charge in [0.2, 0.25) is 0 Å². The first-order valence-corrected chi connectivity index (χ1v) is 7.09. The molecule has 20 heavy (non-hydrogen) atoms. The summed E-state index contributed by atoms with van der Waals surface area (Å²) in [5, 5.41) is 0. The summed E-state index contributed by atoms with van der Waals surface area (Å²) in [5.41, 5.74) is 1.08. The Morgan fingerprint density at radius 3 is 2.15 bits per heavy atom. The molecule has 0 amide bonds. The molecule has 0 bridgehead atoms. The number of benzene rings is 2. The second kappa shape index (κ2) is 5.75. The third-order valence-corrected chi connectivity index (χ3v) is 3.16. The average Bonchev–Trinajstić information content (AvgIpc) is 2.39. The van der Waals surface area contributed by atoms with Gasteiger partial charge in [-0.15, -0.1) is 8.42 Å². The van der Waals surface area contributed by atoms with Crippen LogP contribution in [0.2, 0.25) is 0 Å². The van der Waals surface area contributed by atoms with E-state index < -0.39 is 16.4 Å². The molecule has 0 aliphatic carbocycles. The van der Waals surface area contributed by atoms with E-state index in [0.29, 0.717) is 0 Å². The minimum absolute atomic E-state index is 0.0733. The van der Waals surface area contributed by atoms with Crippen LogP contribution in [0.5, 0.6) is 5.75 Å². The summed E-state index contributed by atoms with van der Waals surface area (Å²) in [4.78, 5) is 11.7. The fraction of sp³-hybridized carbons (Fsp3) is 0.0714. The van der Waals surface area contributed by atoms with Crippen LogP contribution in [-0.4, -0.2) is 14.4 Å². The Bertz CT molecular complexity index is 690. The highest BCUT2D eigenvalue weighted by molar-refractivity contribution is 7.82. The molecule has 0 aromatic heterocycles. The first kappa shape index (κ1) is 14.1. The molecule has 0 N–H and O–H groups in total. The Labute approximate surface area is 117 Å². The monoisotopic (exact) mass is 292 g/mol. The normalized spacial score (nSPS) is 10.8. The number of rotatable bonds is 4. The van der Waals surface area contributed by atoms with E-state index in [4.69, 9.17) is 0 Å². The van der Waals surface area contributed by atoms with Gasteiger partial charge in [-0.05, 0) is 31.2 Å². The second-order valence-electron chi connectivity index (χ2n) is 4.04. The summed E-state index contributed by atoms with van der Waals surface area (Å²) in [7, 11) is -4.44. The lowest BCUT2D eigenvalue weighted by molar-refractivity contribution is 0.0730. The molecule has 6 heteroatoms. The quantitative estimate of drug-likeness (QED) is 0.865. The van der Waals surface area contributed by atoms with Crippen LogP contribution >= 0.6 is 0 Å². The van der Waals surface area contributed by atoms with E-state index in [1.165, 1.54) is 24.3 Å². The summed E-state index contributed by atoms with van der Waals surface area (Å²) in [6, 6.07) is 14.1. The molecular weight excluding hydrogens is 280 g/mol. The molecule has 0 saturated heterocycles. The van der Waals surface area contributed by atoms with Gasteiger partial charge in [0.25, 0.3) is 0 Å². The average molecular weight is 292 g/mol. The SMILES string of the molecule is Cc1ccc(C(=O)OS(=O)(=O)Oc2ccccc2)cc1. The van der Waals surface area contributed by atoms with Crippen molar-refractivity contribution in [1.29, 1.82) is 0 Å². The van der Waals surface area contributed by atoms with Gasteiger partial charge >= 0.3 is 16.4 Å². The van der Waals surface area contributed by atoms with Crippen molar-refractivity contribution in [3.8, 4) is 5.75 Å². The van der Waals surface area contributed by atoms with Crippen LogP contribution in [0.4, 0.5) is 0 Å². The van der Waals surface area contributed by atoms with Gasteiger partial charge in [-0.3, -0.25) is 0 Å². The van der Waals surface area contributed by atoms with Crippen molar-refractivity contribution >= 4 is 16.4 Å². The van der Waals surface area contributed by atoms with Crippen molar-refractivity contribution in [2.75, 3.05) is 0 Å². The molecule has 2 rings (SSSR count). The second-order valence-corrected chi connectivity index (χ2v) is 5.19. The Morgan fingerprint density at radius 2 is 1.55 bits per heavy atom. The van der Waals surface area contributed by atoms with Crippen molar-refractivity contribution < 1.29 is 21.6 Å². The minimum atomic E-state index is -4.44. The molecule has 0 spiro atoms. The lowest BCUT2D eigenvalue weighted by Crippen LogP contribution is -2.18. The van der Waals surface area contributed by atoms with E-state index in [1.54, 1.807) is 30.3 Å². The van der Waals surface area contributed by atoms with E-state index in [2.05, 4.69) is 8.37 Å². The highest BCUT2D eigenvalue weighted by Gasteiger charge is 2.20. The van der Waals surface area contributed by atoms with Gasteiger partial charge in [-0.25, -0.2) is 4.79 Å². The lowest BCUT2D eigenvalue weighted by Gasteiger charge is -2.06. The van der Waals surface area contributed by atoms with Gasteiger partial charge in [0, 0.05) is 0 Å². The predicted octanol–water partition coefficient (Wildman–Crippen LogP) is 2.48. The summed E-state index contributed by atoms with van der Waals surface area (Å²) in [6.07, 6.45) is 0. The number of carbonyl (C=O) groups is 1. The summed E-state index contributed by atoms with van der Waals surface area (Å²) in [6.45, 7) is 1.85. The summed E-state index contributed by atoms with van der Waals surface area (Å²) >= 11 is 0. The molecule has 0 aliphatic rings. The van der Waals surface area contributed by atoms with Crippen LogP contribution in [0.15, 0.2) is 54.6 Å². The van der Waals surface area contributed by atoms with Crippen molar-refractivity contribution in [2.45, 2.75) is 6.92 Å². The van der Waals surface area contributed by atoms with Gasteiger partial charge in [-0.2, -0.15) is 0 Å². The first-order valence-electron chi connectivity index (χ1n) is 5.76. The Morgan fingerprint density at radius 1 is 0.950 bits per heavy atom. The largest absolute Gasteiger partial charge is 0.503 e. The van der Waals surface area contributed by atoms with Gasteiger partial charge in [-0.1, -0.05) is 35.9 Å². The molecule has 104 valence electrons. The fourth-order valence-electron chi connectivity index (χ4n) is 1.44. The Hall–Kier alpha value is -2.34. The number of carbonyl (C=O) groups excluding carboxylic acids is 1. The van der Waals surface area contributed by atoms with Crippen LogP contribution in [0, 0.1) is 6.92 Å². The van der Waals surface area contributed by atoms with Crippen molar-refractivity contribution in [1.82, 2.24) is 0 Å². The third kappa shape index (κ3) is 3.83. The number of hydrogen-bond acceptors (Lipinski definition) is 5. The molecule has 0 heterocycles. The molecule has 5 nitrogen and oxygen atoms in total. The van der Waals surface area contributed by atoms with Gasteiger partial charge in [0.1, 0.15) is 5.75 Å². The maximum Gasteiger partial charge on any atom is 0.503 e. The molecule has 2 aromatic rings. The van der Waals surface area contributed by atoms with Gasteiger partial charge in [0.15, 0.2) is 0 Å². The van der Waals surface area contributed by atoms with Crippen LogP contribution in [0.3, 0.4) is 0 Å². The zero-order valence-electron chi connectivity index (χ0n) is 10.6. The maximum absolute atomic E-state index is 11.7. The van der Waals surface area contributed by atoms with E-state index in [9.17, 15) is 13.2 Å². The maximum atomic E-state index is 11.7. The van der Waals surface area contributed by atoms with Crippen molar-refractivity contribution in [3.63, 3.8) is 0 Å². The minimum Gasteiger partial charge on any atom is -0.353 e. The standard InChI is InChI=1S/C14H12O5S/c1-11-7-9-12(10-8-11)14(15)19-20(16,17)18-13-5-3-2-4-6-13/h2-10H,1H3. The van der Waals surface area contributed by atoms with Crippen LogP contribution < -0.4 is 4.18 Å². The molecule has 0 fully saturated rings. The van der Waals surface area contributed by atoms with E-state index in [-0.39, 0.29) is 11.3 Å². The summed E-state index contributed by atoms with van der Waals surface area (Å²) in [5.74, 6) is -0.912. The van der Waals surface area contributed by atoms with Crippen LogP contribution in [0.25, 0.3) is 0 Å². The Kier molecular flexibility index (Phi) is 4.05. The molecule has 0 atom stereocenters. The highest BCUT2D eigenvalue weighted by atomic mass is 32.3. The fourth-order valence-corrected chi connectivity index (χ4v) is 2.10. The van der Waals surface area contributed by atoms with E-state index >= 15 is 0 Å². The third-order valence-electron chi connectivity index (χ3n) is 2.41. The molecule has 0 aliphatic heterocycles.